The van der Waals surface area contributed by atoms with Crippen molar-refractivity contribution in [1.29, 1.82) is 0 Å². The van der Waals surface area contributed by atoms with Crippen LogP contribution in [0.1, 0.15) is 20.9 Å². The number of hydrogen-bond donors (Lipinski definition) is 1. The summed E-state index contributed by atoms with van der Waals surface area (Å²) < 4.78 is 5.20. The van der Waals surface area contributed by atoms with Gasteiger partial charge in [0.25, 0.3) is 0 Å². The Morgan fingerprint density at radius 1 is 1.29 bits per heavy atom. The minimum atomic E-state index is -1.09. The Balaban J connectivity index is 2.43. The summed E-state index contributed by atoms with van der Waals surface area (Å²) in [6.07, 6.45) is 0.594. The van der Waals surface area contributed by atoms with Gasteiger partial charge in [-0.3, -0.25) is 4.79 Å². The fourth-order valence-electron chi connectivity index (χ4n) is 1.41. The first-order valence-corrected chi connectivity index (χ1v) is 5.08. The molecule has 86 valence electrons. The number of carboxylic acid groups (broad SMARTS) is 1. The number of aromatic carboxylic acids is 1. The molecule has 4 nitrogen and oxygen atoms in total. The van der Waals surface area contributed by atoms with E-state index in [1.54, 1.807) is 12.1 Å². The van der Waals surface area contributed by atoms with Crippen LogP contribution in [0, 0.1) is 0 Å². The fourth-order valence-corrected chi connectivity index (χ4v) is 1.67. The van der Waals surface area contributed by atoms with Gasteiger partial charge in [0.1, 0.15) is 5.76 Å². The lowest BCUT2D eigenvalue weighted by atomic mass is 10.1. The standard InChI is InChI=1S/C12H7ClO4/c13-10-5-7(1-3-9(10)12(15)16)11-4-2-8(6-14)17-11/h1-6H,(H,15,16). The maximum atomic E-state index is 10.8. The summed E-state index contributed by atoms with van der Waals surface area (Å²) in [5, 5.41) is 8.94. The molecule has 1 aromatic heterocycles. The van der Waals surface area contributed by atoms with Crippen LogP contribution in [-0.4, -0.2) is 17.4 Å². The minimum Gasteiger partial charge on any atom is -0.478 e. The predicted molar refractivity (Wildman–Crippen MR) is 61.5 cm³/mol. The maximum Gasteiger partial charge on any atom is 0.337 e. The van der Waals surface area contributed by atoms with Gasteiger partial charge in [0, 0.05) is 5.56 Å². The van der Waals surface area contributed by atoms with Crippen molar-refractivity contribution >= 4 is 23.9 Å². The molecule has 0 radical (unpaired) electrons. The monoisotopic (exact) mass is 250 g/mol. The van der Waals surface area contributed by atoms with Crippen LogP contribution in [0.15, 0.2) is 34.7 Å². The topological polar surface area (TPSA) is 67.5 Å². The zero-order valence-corrected chi connectivity index (χ0v) is 9.27. The molecule has 0 bridgehead atoms. The molecule has 2 rings (SSSR count). The van der Waals surface area contributed by atoms with Crippen LogP contribution in [-0.2, 0) is 0 Å². The summed E-state index contributed by atoms with van der Waals surface area (Å²) in [7, 11) is 0. The molecular weight excluding hydrogens is 244 g/mol. The second kappa shape index (κ2) is 4.43. The third-order valence-corrected chi connectivity index (χ3v) is 2.54. The number of halogens is 1. The average Bonchev–Trinajstić information content (AvgIpc) is 2.76. The number of carbonyl (C=O) groups is 2. The largest absolute Gasteiger partial charge is 0.478 e. The third-order valence-electron chi connectivity index (χ3n) is 2.23. The molecule has 0 amide bonds. The van der Waals surface area contributed by atoms with E-state index in [0.29, 0.717) is 17.6 Å². The van der Waals surface area contributed by atoms with Crippen molar-refractivity contribution in [3.63, 3.8) is 0 Å². The van der Waals surface area contributed by atoms with Crippen molar-refractivity contribution in [3.8, 4) is 11.3 Å². The SMILES string of the molecule is O=Cc1ccc(-c2ccc(C(=O)O)c(Cl)c2)o1. The Hall–Kier alpha value is -2.07. The van der Waals surface area contributed by atoms with Gasteiger partial charge in [-0.25, -0.2) is 4.79 Å². The molecule has 0 aliphatic rings. The Morgan fingerprint density at radius 2 is 2.06 bits per heavy atom. The van der Waals surface area contributed by atoms with Crippen molar-refractivity contribution in [3.05, 3.63) is 46.7 Å². The molecule has 1 heterocycles. The van der Waals surface area contributed by atoms with E-state index in [1.807, 2.05) is 0 Å². The quantitative estimate of drug-likeness (QED) is 0.850. The van der Waals surface area contributed by atoms with Crippen LogP contribution < -0.4 is 0 Å². The smallest absolute Gasteiger partial charge is 0.337 e. The summed E-state index contributed by atoms with van der Waals surface area (Å²) in [6, 6.07) is 7.60. The number of furan rings is 1. The zero-order chi connectivity index (χ0) is 12.4. The molecule has 0 fully saturated rings. The Kier molecular flexibility index (Phi) is 2.97. The molecule has 5 heteroatoms. The lowest BCUT2D eigenvalue weighted by Crippen LogP contribution is -1.96. The highest BCUT2D eigenvalue weighted by molar-refractivity contribution is 6.33. The van der Waals surface area contributed by atoms with Crippen LogP contribution in [0.25, 0.3) is 11.3 Å². The molecule has 1 N–H and O–H groups in total. The van der Waals surface area contributed by atoms with Crippen LogP contribution >= 0.6 is 11.6 Å². The van der Waals surface area contributed by atoms with Gasteiger partial charge in [0.2, 0.25) is 0 Å². The van der Waals surface area contributed by atoms with E-state index >= 15 is 0 Å². The molecule has 2 aromatic rings. The first kappa shape index (κ1) is 11.4. The molecule has 0 saturated carbocycles. The Bertz CT molecular complexity index is 586. The number of rotatable bonds is 3. The first-order chi connectivity index (χ1) is 8.11. The second-order valence-electron chi connectivity index (χ2n) is 3.32. The van der Waals surface area contributed by atoms with Gasteiger partial charge in [-0.05, 0) is 24.3 Å². The van der Waals surface area contributed by atoms with Gasteiger partial charge in [-0.15, -0.1) is 0 Å². The Labute approximate surface area is 101 Å². The van der Waals surface area contributed by atoms with Crippen molar-refractivity contribution < 1.29 is 19.1 Å². The highest BCUT2D eigenvalue weighted by atomic mass is 35.5. The highest BCUT2D eigenvalue weighted by Crippen LogP contribution is 2.26. The second-order valence-corrected chi connectivity index (χ2v) is 3.73. The molecule has 0 spiro atoms. The van der Waals surface area contributed by atoms with Gasteiger partial charge < -0.3 is 9.52 Å². The summed E-state index contributed by atoms with van der Waals surface area (Å²) in [5.41, 5.74) is 0.644. The third kappa shape index (κ3) is 2.21. The molecule has 0 aliphatic heterocycles. The van der Waals surface area contributed by atoms with Gasteiger partial charge in [-0.1, -0.05) is 17.7 Å². The minimum absolute atomic E-state index is 0.0255. The van der Waals surface area contributed by atoms with Gasteiger partial charge in [0.15, 0.2) is 12.0 Å². The molecule has 17 heavy (non-hydrogen) atoms. The molecule has 0 unspecified atom stereocenters. The van der Waals surface area contributed by atoms with E-state index in [4.69, 9.17) is 21.1 Å². The van der Waals surface area contributed by atoms with Crippen LogP contribution in [0.5, 0.6) is 0 Å². The number of carboxylic acids is 1. The van der Waals surface area contributed by atoms with Gasteiger partial charge in [-0.2, -0.15) is 0 Å². The summed E-state index contributed by atoms with van der Waals surface area (Å²) in [5.74, 6) is -0.418. The van der Waals surface area contributed by atoms with Crippen LogP contribution in [0.3, 0.4) is 0 Å². The predicted octanol–water partition coefficient (Wildman–Crippen LogP) is 3.11. The van der Waals surface area contributed by atoms with E-state index < -0.39 is 5.97 Å². The number of carbonyl (C=O) groups excluding carboxylic acids is 1. The number of hydrogen-bond acceptors (Lipinski definition) is 3. The van der Waals surface area contributed by atoms with Crippen LogP contribution in [0.4, 0.5) is 0 Å². The van der Waals surface area contributed by atoms with E-state index in [9.17, 15) is 9.59 Å². The van der Waals surface area contributed by atoms with E-state index in [0.717, 1.165) is 0 Å². The lowest BCUT2D eigenvalue weighted by Gasteiger charge is -2.01. The van der Waals surface area contributed by atoms with Crippen molar-refractivity contribution in [1.82, 2.24) is 0 Å². The van der Waals surface area contributed by atoms with Crippen molar-refractivity contribution in [2.45, 2.75) is 0 Å². The lowest BCUT2D eigenvalue weighted by molar-refractivity contribution is 0.0697. The van der Waals surface area contributed by atoms with Gasteiger partial charge >= 0.3 is 5.97 Å². The molecule has 0 atom stereocenters. The summed E-state index contributed by atoms with van der Waals surface area (Å²) in [4.78, 5) is 21.2. The summed E-state index contributed by atoms with van der Waals surface area (Å²) in [6.45, 7) is 0. The van der Waals surface area contributed by atoms with Crippen molar-refractivity contribution in [2.24, 2.45) is 0 Å². The van der Waals surface area contributed by atoms with E-state index in [-0.39, 0.29) is 16.3 Å². The zero-order valence-electron chi connectivity index (χ0n) is 8.51. The van der Waals surface area contributed by atoms with Crippen molar-refractivity contribution in [2.75, 3.05) is 0 Å². The normalized spacial score (nSPS) is 10.2. The van der Waals surface area contributed by atoms with E-state index in [2.05, 4.69) is 0 Å². The number of aldehydes is 1. The number of benzene rings is 1. The van der Waals surface area contributed by atoms with Crippen LogP contribution in [0.2, 0.25) is 5.02 Å². The molecule has 0 aliphatic carbocycles. The highest BCUT2D eigenvalue weighted by Gasteiger charge is 2.11. The fraction of sp³-hybridized carbons (Fsp3) is 0. The molecule has 1 aromatic carbocycles. The van der Waals surface area contributed by atoms with E-state index in [1.165, 1.54) is 18.2 Å². The molecule has 0 saturated heterocycles. The van der Waals surface area contributed by atoms with Gasteiger partial charge in [0.05, 0.1) is 10.6 Å². The summed E-state index contributed by atoms with van der Waals surface area (Å²) >= 11 is 5.82. The Morgan fingerprint density at radius 3 is 2.59 bits per heavy atom. The maximum absolute atomic E-state index is 10.8. The first-order valence-electron chi connectivity index (χ1n) is 4.70. The average molecular weight is 251 g/mol. The molecular formula is C12H7ClO4.